The molecule has 1 atom stereocenters. The molecule has 1 fully saturated rings. The number of hydrogen-bond donors (Lipinski definition) is 0. The summed E-state index contributed by atoms with van der Waals surface area (Å²) >= 11 is 0. The van der Waals surface area contributed by atoms with Crippen molar-refractivity contribution in [2.24, 2.45) is 0 Å². The highest BCUT2D eigenvalue weighted by Crippen LogP contribution is 2.37. The first kappa shape index (κ1) is 27.0. The van der Waals surface area contributed by atoms with E-state index in [9.17, 15) is 12.8 Å². The molecule has 1 aliphatic rings. The van der Waals surface area contributed by atoms with E-state index in [2.05, 4.69) is 14.5 Å². The lowest BCUT2D eigenvalue weighted by Gasteiger charge is -2.10. The summed E-state index contributed by atoms with van der Waals surface area (Å²) in [5, 5.41) is 4.84. The van der Waals surface area contributed by atoms with Gasteiger partial charge in [0.25, 0.3) is 0 Å². The molecule has 1 saturated heterocycles. The Morgan fingerprint density at radius 3 is 2.40 bits per heavy atom. The number of fused-ring (bicyclic) bond motifs is 1. The number of sulfone groups is 1. The van der Waals surface area contributed by atoms with Gasteiger partial charge in [-0.05, 0) is 48.4 Å². The molecule has 0 spiro atoms. The molecule has 216 valence electrons. The Morgan fingerprint density at radius 2 is 1.70 bits per heavy atom. The topological polar surface area (TPSA) is 105 Å². The molecule has 0 bridgehead atoms. The minimum absolute atomic E-state index is 0.0187. The maximum absolute atomic E-state index is 13.9. The van der Waals surface area contributed by atoms with E-state index >= 15 is 0 Å². The first-order valence-electron chi connectivity index (χ1n) is 13.8. The van der Waals surface area contributed by atoms with Gasteiger partial charge in [-0.2, -0.15) is 5.10 Å². The molecule has 3 aromatic heterocycles. The van der Waals surface area contributed by atoms with Gasteiger partial charge in [0.15, 0.2) is 15.5 Å². The van der Waals surface area contributed by atoms with Gasteiger partial charge < -0.3 is 9.30 Å². The Hall–Kier alpha value is -4.90. The summed E-state index contributed by atoms with van der Waals surface area (Å²) in [4.78, 5) is 14.4. The van der Waals surface area contributed by atoms with Crippen molar-refractivity contribution in [2.75, 3.05) is 18.6 Å². The molecule has 9 nitrogen and oxygen atoms in total. The molecule has 0 radical (unpaired) electrons. The Kier molecular flexibility index (Phi) is 6.73. The van der Waals surface area contributed by atoms with Crippen molar-refractivity contribution in [1.29, 1.82) is 0 Å². The molecule has 4 heterocycles. The molecule has 0 saturated carbocycles. The minimum atomic E-state index is -3.14. The van der Waals surface area contributed by atoms with Crippen molar-refractivity contribution in [3.8, 4) is 39.7 Å². The number of aromatic nitrogens is 6. The third-order valence-corrected chi connectivity index (χ3v) is 9.50. The molecule has 1 unspecified atom stereocenters. The zero-order valence-corrected chi connectivity index (χ0v) is 24.1. The van der Waals surface area contributed by atoms with Crippen LogP contribution in [-0.2, 0) is 16.4 Å². The van der Waals surface area contributed by atoms with E-state index in [0.717, 1.165) is 22.7 Å². The van der Waals surface area contributed by atoms with Crippen LogP contribution in [0.2, 0.25) is 0 Å². The third-order valence-electron chi connectivity index (χ3n) is 7.75. The summed E-state index contributed by atoms with van der Waals surface area (Å²) in [7, 11) is -1.51. The first-order chi connectivity index (χ1) is 20.9. The van der Waals surface area contributed by atoms with Crippen LogP contribution in [0.3, 0.4) is 0 Å². The summed E-state index contributed by atoms with van der Waals surface area (Å²) in [6.45, 7) is 0.505. The maximum atomic E-state index is 13.9. The molecule has 3 aromatic carbocycles. The molecular weight excluding hydrogens is 567 g/mol. The van der Waals surface area contributed by atoms with Gasteiger partial charge in [0.05, 0.1) is 31.2 Å². The maximum Gasteiger partial charge on any atom is 0.164 e. The second kappa shape index (κ2) is 10.7. The average Bonchev–Trinajstić information content (AvgIpc) is 3.73. The van der Waals surface area contributed by atoms with Crippen molar-refractivity contribution < 1.29 is 17.5 Å². The first-order valence-corrected chi connectivity index (χ1v) is 15.7. The molecule has 11 heteroatoms. The molecule has 0 aliphatic carbocycles. The summed E-state index contributed by atoms with van der Waals surface area (Å²) in [5.41, 5.74) is 5.65. The average molecular weight is 595 g/mol. The van der Waals surface area contributed by atoms with Crippen LogP contribution >= 0.6 is 0 Å². The third kappa shape index (κ3) is 5.16. The summed E-state index contributed by atoms with van der Waals surface area (Å²) in [6, 6.07) is 23.5. The Bertz CT molecular complexity index is 2040. The van der Waals surface area contributed by atoms with Crippen LogP contribution < -0.4 is 4.74 Å². The van der Waals surface area contributed by atoms with Crippen LogP contribution in [0.4, 0.5) is 4.39 Å². The van der Waals surface area contributed by atoms with Gasteiger partial charge in [-0.15, -0.1) is 0 Å². The van der Waals surface area contributed by atoms with E-state index in [0.29, 0.717) is 46.6 Å². The standard InChI is InChI=1S/C32H27FN6O3S/c1-42-26-13-7-21(8-14-26)17-38-31(23-5-3-2-4-6-23)36-30-29(34-20-35-32(30)38)27-18-39(25-15-16-43(40,41)19-25)37-28(27)22-9-11-24(33)12-10-22/h2-14,18,20,25H,15-17,19H2,1H3. The second-order valence-electron chi connectivity index (χ2n) is 10.6. The molecule has 7 rings (SSSR count). The van der Waals surface area contributed by atoms with Crippen molar-refractivity contribution >= 4 is 21.0 Å². The Balaban J connectivity index is 1.42. The van der Waals surface area contributed by atoms with Crippen molar-refractivity contribution in [2.45, 2.75) is 19.0 Å². The fraction of sp³-hybridized carbons (Fsp3) is 0.188. The quantitative estimate of drug-likeness (QED) is 0.238. The van der Waals surface area contributed by atoms with Crippen molar-refractivity contribution in [3.05, 3.63) is 103 Å². The number of hydrogen-bond acceptors (Lipinski definition) is 7. The SMILES string of the molecule is COc1ccc(Cn2c(-c3ccccc3)nc3c(-c4cn(C5CCS(=O)(=O)C5)nc4-c4ccc(F)cc4)ncnc32)cc1. The van der Waals surface area contributed by atoms with Crippen molar-refractivity contribution in [1.82, 2.24) is 29.3 Å². The van der Waals surface area contributed by atoms with E-state index in [1.807, 2.05) is 60.8 Å². The number of benzene rings is 3. The fourth-order valence-corrected chi connectivity index (χ4v) is 7.27. The number of imidazole rings is 1. The van der Waals surface area contributed by atoms with E-state index in [-0.39, 0.29) is 23.4 Å². The molecule has 43 heavy (non-hydrogen) atoms. The zero-order chi connectivity index (χ0) is 29.6. The van der Waals surface area contributed by atoms with E-state index in [4.69, 9.17) is 14.8 Å². The normalized spacial score (nSPS) is 16.1. The van der Waals surface area contributed by atoms with Crippen molar-refractivity contribution in [3.63, 3.8) is 0 Å². The largest absolute Gasteiger partial charge is 0.497 e. The van der Waals surface area contributed by atoms with Gasteiger partial charge in [0.1, 0.15) is 40.6 Å². The van der Waals surface area contributed by atoms with Gasteiger partial charge in [-0.3, -0.25) is 4.68 Å². The number of ether oxygens (including phenoxy) is 1. The van der Waals surface area contributed by atoms with Gasteiger partial charge in [0, 0.05) is 22.9 Å². The molecule has 6 aromatic rings. The van der Waals surface area contributed by atoms with Crippen LogP contribution in [0.25, 0.3) is 45.1 Å². The highest BCUT2D eigenvalue weighted by molar-refractivity contribution is 7.91. The lowest BCUT2D eigenvalue weighted by Crippen LogP contribution is -2.11. The van der Waals surface area contributed by atoms with Crippen LogP contribution in [0.5, 0.6) is 5.75 Å². The Labute approximate surface area is 247 Å². The number of rotatable bonds is 7. The highest BCUT2D eigenvalue weighted by Gasteiger charge is 2.31. The highest BCUT2D eigenvalue weighted by atomic mass is 32.2. The molecular formula is C32H27FN6O3S. The lowest BCUT2D eigenvalue weighted by molar-refractivity contribution is 0.414. The number of nitrogens with zero attached hydrogens (tertiary/aromatic N) is 6. The van der Waals surface area contributed by atoms with E-state index in [1.165, 1.54) is 18.5 Å². The fourth-order valence-electron chi connectivity index (χ4n) is 5.56. The summed E-state index contributed by atoms with van der Waals surface area (Å²) < 4.78 is 47.6. The predicted molar refractivity (Wildman–Crippen MR) is 162 cm³/mol. The van der Waals surface area contributed by atoms with Crippen LogP contribution in [0.1, 0.15) is 18.0 Å². The number of methoxy groups -OCH3 is 1. The Morgan fingerprint density at radius 1 is 0.930 bits per heavy atom. The smallest absolute Gasteiger partial charge is 0.164 e. The minimum Gasteiger partial charge on any atom is -0.497 e. The molecule has 0 N–H and O–H groups in total. The van der Waals surface area contributed by atoms with Gasteiger partial charge in [0.2, 0.25) is 0 Å². The summed E-state index contributed by atoms with van der Waals surface area (Å²) in [6.07, 6.45) is 3.81. The van der Waals surface area contributed by atoms with Gasteiger partial charge in [-0.25, -0.2) is 27.8 Å². The van der Waals surface area contributed by atoms with Crippen LogP contribution in [0.15, 0.2) is 91.4 Å². The van der Waals surface area contributed by atoms with E-state index in [1.54, 1.807) is 23.9 Å². The molecule has 0 amide bonds. The van der Waals surface area contributed by atoms with Crippen LogP contribution in [0, 0.1) is 5.82 Å². The predicted octanol–water partition coefficient (Wildman–Crippen LogP) is 5.58. The number of halogens is 1. The second-order valence-corrected chi connectivity index (χ2v) is 12.8. The van der Waals surface area contributed by atoms with Gasteiger partial charge in [-0.1, -0.05) is 42.5 Å². The lowest BCUT2D eigenvalue weighted by atomic mass is 10.1. The zero-order valence-electron chi connectivity index (χ0n) is 23.3. The summed E-state index contributed by atoms with van der Waals surface area (Å²) in [5.74, 6) is 1.27. The van der Waals surface area contributed by atoms with Gasteiger partial charge >= 0.3 is 0 Å². The molecule has 1 aliphatic heterocycles. The monoisotopic (exact) mass is 594 g/mol. The van der Waals surface area contributed by atoms with Crippen LogP contribution in [-0.4, -0.2) is 56.3 Å². The van der Waals surface area contributed by atoms with E-state index < -0.39 is 9.84 Å².